The van der Waals surface area contributed by atoms with Gasteiger partial charge in [0, 0.05) is 6.54 Å². The molecule has 0 radical (unpaired) electrons. The van der Waals surface area contributed by atoms with E-state index >= 15 is 0 Å². The molecule has 0 aliphatic carbocycles. The Kier molecular flexibility index (Phi) is 7.05. The van der Waals surface area contributed by atoms with Crippen molar-refractivity contribution in [3.63, 3.8) is 0 Å². The predicted octanol–water partition coefficient (Wildman–Crippen LogP) is 4.76. The minimum atomic E-state index is -0.351. The largest absolute Gasteiger partial charge is 0.484 e. The summed E-state index contributed by atoms with van der Waals surface area (Å²) in [7, 11) is 3.98. The van der Waals surface area contributed by atoms with Crippen LogP contribution in [0.15, 0.2) is 36.4 Å². The van der Waals surface area contributed by atoms with Crippen LogP contribution in [0.4, 0.5) is 9.52 Å². The van der Waals surface area contributed by atoms with Crippen LogP contribution in [-0.2, 0) is 4.79 Å². The van der Waals surface area contributed by atoms with Crippen molar-refractivity contribution in [2.24, 2.45) is 0 Å². The second-order valence-corrected chi connectivity index (χ2v) is 8.37. The number of aromatic nitrogens is 1. The van der Waals surface area contributed by atoms with E-state index in [1.54, 1.807) is 4.90 Å². The normalized spacial score (nSPS) is 11.2. The number of carbonyl (C=O) groups excluding carboxylic acids is 1. The topological polar surface area (TPSA) is 45.7 Å². The fourth-order valence-electron chi connectivity index (χ4n) is 2.83. The Labute approximate surface area is 178 Å². The molecule has 29 heavy (non-hydrogen) atoms. The molecule has 0 spiro atoms. The van der Waals surface area contributed by atoms with E-state index in [2.05, 4.69) is 9.88 Å². The summed E-state index contributed by atoms with van der Waals surface area (Å²) < 4.78 is 19.5. The molecule has 2 aromatic carbocycles. The van der Waals surface area contributed by atoms with Gasteiger partial charge in [0.05, 0.1) is 15.2 Å². The van der Waals surface area contributed by atoms with Gasteiger partial charge in [0.25, 0.3) is 5.91 Å². The fourth-order valence-corrected chi connectivity index (χ4v) is 4.19. The first kappa shape index (κ1) is 21.5. The van der Waals surface area contributed by atoms with E-state index in [-0.39, 0.29) is 18.3 Å². The Hall–Kier alpha value is -2.22. The smallest absolute Gasteiger partial charge is 0.266 e. The molecule has 3 aromatic rings. The summed E-state index contributed by atoms with van der Waals surface area (Å²) in [5.41, 5.74) is 1.82. The SMILES string of the molecule is Cc1ccc(Cl)c2sc(N(CCCN(C)C)C(=O)COc3ccc(F)cc3)nc12. The molecule has 0 bridgehead atoms. The maximum Gasteiger partial charge on any atom is 0.266 e. The Bertz CT molecular complexity index is 953. The maximum absolute atomic E-state index is 13.1. The Morgan fingerprint density at radius 3 is 2.55 bits per heavy atom. The summed E-state index contributed by atoms with van der Waals surface area (Å²) in [6.45, 7) is 3.17. The van der Waals surface area contributed by atoms with E-state index in [1.807, 2.05) is 33.2 Å². The molecule has 1 heterocycles. The molecule has 0 saturated heterocycles. The summed E-state index contributed by atoms with van der Waals surface area (Å²) in [6, 6.07) is 9.36. The first-order valence-corrected chi connectivity index (χ1v) is 10.4. The summed E-state index contributed by atoms with van der Waals surface area (Å²) in [5.74, 6) is -0.118. The van der Waals surface area contributed by atoms with Crippen molar-refractivity contribution >= 4 is 44.2 Å². The summed E-state index contributed by atoms with van der Waals surface area (Å²) >= 11 is 7.73. The number of nitrogens with zero attached hydrogens (tertiary/aromatic N) is 3. The molecule has 0 fully saturated rings. The van der Waals surface area contributed by atoms with Crippen molar-refractivity contribution in [3.05, 3.63) is 52.8 Å². The van der Waals surface area contributed by atoms with Crippen LogP contribution >= 0.6 is 22.9 Å². The van der Waals surface area contributed by atoms with E-state index in [1.165, 1.54) is 35.6 Å². The highest BCUT2D eigenvalue weighted by molar-refractivity contribution is 7.23. The van der Waals surface area contributed by atoms with Crippen LogP contribution in [0.5, 0.6) is 5.75 Å². The molecule has 0 aliphatic heterocycles. The van der Waals surface area contributed by atoms with Crippen LogP contribution in [-0.4, -0.2) is 49.6 Å². The number of carbonyl (C=O) groups is 1. The van der Waals surface area contributed by atoms with Gasteiger partial charge < -0.3 is 9.64 Å². The Morgan fingerprint density at radius 1 is 1.17 bits per heavy atom. The summed E-state index contributed by atoms with van der Waals surface area (Å²) in [6.07, 6.45) is 0.790. The first-order valence-electron chi connectivity index (χ1n) is 9.24. The average molecular weight is 436 g/mol. The van der Waals surface area contributed by atoms with Gasteiger partial charge in [0.15, 0.2) is 11.7 Å². The lowest BCUT2D eigenvalue weighted by molar-refractivity contribution is -0.120. The number of aryl methyl sites for hydroxylation is 1. The summed E-state index contributed by atoms with van der Waals surface area (Å²) in [4.78, 5) is 21.3. The number of rotatable bonds is 8. The molecule has 0 N–H and O–H groups in total. The van der Waals surface area contributed by atoms with Crippen molar-refractivity contribution in [1.82, 2.24) is 9.88 Å². The van der Waals surface area contributed by atoms with Gasteiger partial charge >= 0.3 is 0 Å². The van der Waals surface area contributed by atoms with E-state index in [0.717, 1.165) is 28.7 Å². The molecular weight excluding hydrogens is 413 g/mol. The molecule has 1 aromatic heterocycles. The van der Waals surface area contributed by atoms with Crippen molar-refractivity contribution in [1.29, 1.82) is 0 Å². The van der Waals surface area contributed by atoms with Gasteiger partial charge in [0.1, 0.15) is 11.6 Å². The Balaban J connectivity index is 1.81. The molecule has 3 rings (SSSR count). The Morgan fingerprint density at radius 2 is 1.90 bits per heavy atom. The number of ether oxygens (including phenoxy) is 1. The number of anilines is 1. The van der Waals surface area contributed by atoms with Crippen LogP contribution in [0, 0.1) is 12.7 Å². The molecular formula is C21H23ClFN3O2S. The van der Waals surface area contributed by atoms with E-state index in [9.17, 15) is 9.18 Å². The third-order valence-corrected chi connectivity index (χ3v) is 5.92. The van der Waals surface area contributed by atoms with E-state index < -0.39 is 0 Å². The van der Waals surface area contributed by atoms with Gasteiger partial charge in [-0.05, 0) is 69.9 Å². The monoisotopic (exact) mass is 435 g/mol. The predicted molar refractivity (Wildman–Crippen MR) is 117 cm³/mol. The van der Waals surface area contributed by atoms with Crippen LogP contribution < -0.4 is 9.64 Å². The highest BCUT2D eigenvalue weighted by Gasteiger charge is 2.21. The molecule has 0 saturated carbocycles. The van der Waals surface area contributed by atoms with Crippen LogP contribution in [0.2, 0.25) is 5.02 Å². The maximum atomic E-state index is 13.1. The van der Waals surface area contributed by atoms with Crippen molar-refractivity contribution in [3.8, 4) is 5.75 Å². The van der Waals surface area contributed by atoms with Crippen LogP contribution in [0.1, 0.15) is 12.0 Å². The number of hydrogen-bond acceptors (Lipinski definition) is 5. The van der Waals surface area contributed by atoms with E-state index in [4.69, 9.17) is 16.3 Å². The third-order valence-electron chi connectivity index (χ3n) is 4.38. The van der Waals surface area contributed by atoms with Gasteiger partial charge in [-0.15, -0.1) is 0 Å². The second-order valence-electron chi connectivity index (χ2n) is 6.98. The second kappa shape index (κ2) is 9.52. The zero-order valence-corrected chi connectivity index (χ0v) is 18.2. The highest BCUT2D eigenvalue weighted by atomic mass is 35.5. The quantitative estimate of drug-likeness (QED) is 0.511. The lowest BCUT2D eigenvalue weighted by atomic mass is 10.2. The molecule has 154 valence electrons. The highest BCUT2D eigenvalue weighted by Crippen LogP contribution is 2.35. The number of halogens is 2. The van der Waals surface area contributed by atoms with Crippen molar-refractivity contribution < 1.29 is 13.9 Å². The minimum Gasteiger partial charge on any atom is -0.484 e. The van der Waals surface area contributed by atoms with Gasteiger partial charge in [0.2, 0.25) is 0 Å². The van der Waals surface area contributed by atoms with Crippen LogP contribution in [0.25, 0.3) is 10.2 Å². The third kappa shape index (κ3) is 5.44. The van der Waals surface area contributed by atoms with E-state index in [0.29, 0.717) is 22.4 Å². The molecule has 5 nitrogen and oxygen atoms in total. The number of fused-ring (bicyclic) bond motifs is 1. The lowest BCUT2D eigenvalue weighted by Gasteiger charge is -2.21. The molecule has 0 aliphatic rings. The van der Waals surface area contributed by atoms with Crippen molar-refractivity contribution in [2.45, 2.75) is 13.3 Å². The van der Waals surface area contributed by atoms with Gasteiger partial charge in [-0.25, -0.2) is 9.37 Å². The average Bonchev–Trinajstić information content (AvgIpc) is 3.14. The van der Waals surface area contributed by atoms with Crippen molar-refractivity contribution in [2.75, 3.05) is 38.7 Å². The van der Waals surface area contributed by atoms with Gasteiger partial charge in [-0.1, -0.05) is 29.0 Å². The zero-order valence-electron chi connectivity index (χ0n) is 16.6. The molecule has 0 unspecified atom stereocenters. The molecule has 0 atom stereocenters. The number of benzene rings is 2. The fraction of sp³-hybridized carbons (Fsp3) is 0.333. The molecule has 8 heteroatoms. The number of thiazole rings is 1. The number of hydrogen-bond donors (Lipinski definition) is 0. The van der Waals surface area contributed by atoms with Gasteiger partial charge in [-0.3, -0.25) is 9.69 Å². The van der Waals surface area contributed by atoms with Gasteiger partial charge in [-0.2, -0.15) is 0 Å². The first-order chi connectivity index (χ1) is 13.8. The minimum absolute atomic E-state index is 0.157. The zero-order chi connectivity index (χ0) is 21.0. The lowest BCUT2D eigenvalue weighted by Crippen LogP contribution is -2.36. The summed E-state index contributed by atoms with van der Waals surface area (Å²) in [5, 5.41) is 1.22. The number of amides is 1. The van der Waals surface area contributed by atoms with Crippen LogP contribution in [0.3, 0.4) is 0 Å². The molecule has 1 amide bonds. The standard InChI is InChI=1S/C21H23ClFN3O2S/c1-14-5-10-17(22)20-19(14)24-21(29-20)26(12-4-11-25(2)3)18(27)13-28-16-8-6-15(23)7-9-16/h5-10H,4,11-13H2,1-3H3.